The number of nitrogens with one attached hydrogen (secondary N) is 1. The fourth-order valence-electron chi connectivity index (χ4n) is 1.59. The highest BCUT2D eigenvalue weighted by molar-refractivity contribution is 5.30. The summed E-state index contributed by atoms with van der Waals surface area (Å²) in [5.41, 5.74) is 0. The number of hydrogen-bond donors (Lipinski definition) is 1. The van der Waals surface area contributed by atoms with E-state index < -0.39 is 0 Å². The first-order valence-corrected chi connectivity index (χ1v) is 5.56. The van der Waals surface area contributed by atoms with Crippen molar-refractivity contribution in [2.24, 2.45) is 0 Å². The molecule has 0 spiro atoms. The fraction of sp³-hybridized carbons (Fsp3) is 0.636. The van der Waals surface area contributed by atoms with Crippen LogP contribution in [0.1, 0.15) is 13.3 Å². The van der Waals surface area contributed by atoms with Gasteiger partial charge in [0, 0.05) is 25.0 Å². The molecule has 16 heavy (non-hydrogen) atoms. The highest BCUT2D eigenvalue weighted by Gasteiger charge is 2.16. The van der Waals surface area contributed by atoms with Gasteiger partial charge in [-0.3, -0.25) is 4.98 Å². The van der Waals surface area contributed by atoms with Crippen molar-refractivity contribution >= 4 is 5.82 Å². The van der Waals surface area contributed by atoms with Gasteiger partial charge in [0.1, 0.15) is 5.82 Å². The normalized spacial score (nSPS) is 21.9. The Morgan fingerprint density at radius 3 is 3.25 bits per heavy atom. The Bertz CT molecular complexity index is 301. The van der Waals surface area contributed by atoms with E-state index in [0.29, 0.717) is 6.61 Å². The highest BCUT2D eigenvalue weighted by atomic mass is 16.5. The van der Waals surface area contributed by atoms with Crippen LogP contribution in [-0.2, 0) is 9.47 Å². The first-order valence-electron chi connectivity index (χ1n) is 5.56. The maximum atomic E-state index is 5.70. The summed E-state index contributed by atoms with van der Waals surface area (Å²) in [6.45, 7) is 4.25. The Kier molecular flexibility index (Phi) is 4.07. The number of nitrogens with zero attached hydrogens (tertiary/aromatic N) is 2. The van der Waals surface area contributed by atoms with Crippen LogP contribution in [-0.4, -0.2) is 41.9 Å². The summed E-state index contributed by atoms with van der Waals surface area (Å²) >= 11 is 0. The largest absolute Gasteiger partial charge is 0.379 e. The molecule has 1 fully saturated rings. The molecule has 1 saturated heterocycles. The van der Waals surface area contributed by atoms with Crippen molar-refractivity contribution in [3.05, 3.63) is 18.6 Å². The summed E-state index contributed by atoms with van der Waals surface area (Å²) < 4.78 is 10.9. The molecule has 0 radical (unpaired) electrons. The molecular weight excluding hydrogens is 206 g/mol. The molecule has 1 aliphatic heterocycles. The van der Waals surface area contributed by atoms with Gasteiger partial charge in [-0.25, -0.2) is 4.98 Å². The average molecular weight is 223 g/mol. The lowest BCUT2D eigenvalue weighted by atomic mass is 10.3. The average Bonchev–Trinajstić information content (AvgIpc) is 2.81. The number of hydrogen-bond acceptors (Lipinski definition) is 5. The van der Waals surface area contributed by atoms with Crippen LogP contribution in [0.25, 0.3) is 0 Å². The molecule has 5 nitrogen and oxygen atoms in total. The first-order chi connectivity index (χ1) is 7.84. The predicted molar refractivity (Wildman–Crippen MR) is 60.3 cm³/mol. The van der Waals surface area contributed by atoms with Gasteiger partial charge in [-0.2, -0.15) is 0 Å². The van der Waals surface area contributed by atoms with Crippen LogP contribution in [0.5, 0.6) is 0 Å². The number of aromatic nitrogens is 2. The molecule has 2 rings (SSSR count). The Morgan fingerprint density at radius 1 is 1.62 bits per heavy atom. The lowest BCUT2D eigenvalue weighted by molar-refractivity contribution is 0.0395. The van der Waals surface area contributed by atoms with E-state index in [2.05, 4.69) is 22.2 Å². The molecule has 2 atom stereocenters. The molecule has 0 bridgehead atoms. The summed E-state index contributed by atoms with van der Waals surface area (Å²) in [6, 6.07) is 0.220. The van der Waals surface area contributed by atoms with Crippen molar-refractivity contribution in [1.29, 1.82) is 0 Å². The van der Waals surface area contributed by atoms with Gasteiger partial charge >= 0.3 is 0 Å². The van der Waals surface area contributed by atoms with Gasteiger partial charge in [0.2, 0.25) is 0 Å². The van der Waals surface area contributed by atoms with Crippen molar-refractivity contribution in [2.75, 3.05) is 25.1 Å². The van der Waals surface area contributed by atoms with Gasteiger partial charge in [-0.05, 0) is 13.3 Å². The van der Waals surface area contributed by atoms with Gasteiger partial charge < -0.3 is 14.8 Å². The Balaban J connectivity index is 1.69. The second kappa shape index (κ2) is 5.77. The maximum absolute atomic E-state index is 5.70. The lowest BCUT2D eigenvalue weighted by Gasteiger charge is -2.16. The zero-order valence-corrected chi connectivity index (χ0v) is 9.43. The first kappa shape index (κ1) is 11.3. The van der Waals surface area contributed by atoms with Crippen LogP contribution in [0.15, 0.2) is 18.6 Å². The number of ether oxygens (including phenoxy) is 2. The van der Waals surface area contributed by atoms with E-state index in [1.807, 2.05) is 0 Å². The molecule has 1 N–H and O–H groups in total. The van der Waals surface area contributed by atoms with Crippen LogP contribution >= 0.6 is 0 Å². The van der Waals surface area contributed by atoms with Crippen LogP contribution in [0.3, 0.4) is 0 Å². The third-order valence-electron chi connectivity index (χ3n) is 2.43. The minimum atomic E-state index is 0.220. The predicted octanol–water partition coefficient (Wildman–Crippen LogP) is 1.08. The summed E-state index contributed by atoms with van der Waals surface area (Å²) in [5, 5.41) is 3.23. The van der Waals surface area contributed by atoms with Crippen LogP contribution < -0.4 is 5.32 Å². The molecule has 0 aromatic carbocycles. The zero-order valence-electron chi connectivity index (χ0n) is 9.43. The molecule has 2 unspecified atom stereocenters. The third-order valence-corrected chi connectivity index (χ3v) is 2.43. The second-order valence-corrected chi connectivity index (χ2v) is 3.95. The molecule has 0 saturated carbocycles. The highest BCUT2D eigenvalue weighted by Crippen LogP contribution is 2.09. The van der Waals surface area contributed by atoms with E-state index in [4.69, 9.17) is 9.47 Å². The monoisotopic (exact) mass is 223 g/mol. The Morgan fingerprint density at radius 2 is 2.56 bits per heavy atom. The number of rotatable bonds is 5. The van der Waals surface area contributed by atoms with E-state index in [-0.39, 0.29) is 12.1 Å². The number of anilines is 1. The second-order valence-electron chi connectivity index (χ2n) is 3.95. The molecule has 1 aromatic rings. The van der Waals surface area contributed by atoms with E-state index in [0.717, 1.165) is 25.5 Å². The smallest absolute Gasteiger partial charge is 0.144 e. The van der Waals surface area contributed by atoms with Gasteiger partial charge in [-0.15, -0.1) is 0 Å². The summed E-state index contributed by atoms with van der Waals surface area (Å²) in [4.78, 5) is 8.13. The zero-order chi connectivity index (χ0) is 11.2. The quantitative estimate of drug-likeness (QED) is 0.809. The molecule has 1 aliphatic rings. The SMILES string of the molecule is CC(COC1CCOC1)Nc1cnccn1. The Hall–Kier alpha value is -1.20. The van der Waals surface area contributed by atoms with Crippen LogP contribution in [0.4, 0.5) is 5.82 Å². The van der Waals surface area contributed by atoms with Gasteiger partial charge in [0.15, 0.2) is 0 Å². The van der Waals surface area contributed by atoms with Gasteiger partial charge in [-0.1, -0.05) is 0 Å². The van der Waals surface area contributed by atoms with Crippen molar-refractivity contribution < 1.29 is 9.47 Å². The molecular formula is C11H17N3O2. The molecule has 1 aromatic heterocycles. The fourth-order valence-corrected chi connectivity index (χ4v) is 1.59. The van der Waals surface area contributed by atoms with E-state index in [1.165, 1.54) is 0 Å². The summed E-state index contributed by atoms with van der Waals surface area (Å²) in [5.74, 6) is 0.779. The minimum Gasteiger partial charge on any atom is -0.379 e. The Labute approximate surface area is 95.2 Å². The van der Waals surface area contributed by atoms with Crippen LogP contribution in [0.2, 0.25) is 0 Å². The van der Waals surface area contributed by atoms with E-state index in [9.17, 15) is 0 Å². The van der Waals surface area contributed by atoms with E-state index >= 15 is 0 Å². The lowest BCUT2D eigenvalue weighted by Crippen LogP contribution is -2.26. The maximum Gasteiger partial charge on any atom is 0.144 e. The van der Waals surface area contributed by atoms with Crippen molar-refractivity contribution in [2.45, 2.75) is 25.5 Å². The van der Waals surface area contributed by atoms with E-state index in [1.54, 1.807) is 18.6 Å². The summed E-state index contributed by atoms with van der Waals surface area (Å²) in [7, 11) is 0. The summed E-state index contributed by atoms with van der Waals surface area (Å²) in [6.07, 6.45) is 6.28. The molecule has 0 aliphatic carbocycles. The minimum absolute atomic E-state index is 0.220. The topological polar surface area (TPSA) is 56.3 Å². The van der Waals surface area contributed by atoms with Crippen molar-refractivity contribution in [3.63, 3.8) is 0 Å². The molecule has 88 valence electrons. The third kappa shape index (κ3) is 3.43. The van der Waals surface area contributed by atoms with Crippen LogP contribution in [0, 0.1) is 0 Å². The van der Waals surface area contributed by atoms with Crippen molar-refractivity contribution in [1.82, 2.24) is 9.97 Å². The van der Waals surface area contributed by atoms with Crippen molar-refractivity contribution in [3.8, 4) is 0 Å². The molecule has 5 heteroatoms. The van der Waals surface area contributed by atoms with Gasteiger partial charge in [0.25, 0.3) is 0 Å². The van der Waals surface area contributed by atoms with Gasteiger partial charge in [0.05, 0.1) is 25.5 Å². The molecule has 0 amide bonds. The molecule has 2 heterocycles. The standard InChI is InChI=1S/C11H17N3O2/c1-9(7-16-10-2-5-15-8-10)14-11-6-12-3-4-13-11/h3-4,6,9-10H,2,5,7-8H2,1H3,(H,13,14).